The van der Waals surface area contributed by atoms with E-state index < -0.39 is 5.91 Å². The summed E-state index contributed by atoms with van der Waals surface area (Å²) in [6.07, 6.45) is 0. The van der Waals surface area contributed by atoms with Gasteiger partial charge in [0.25, 0.3) is 11.8 Å². The van der Waals surface area contributed by atoms with E-state index in [9.17, 15) is 9.59 Å². The zero-order chi connectivity index (χ0) is 13.1. The maximum Gasteiger partial charge on any atom is 0.276 e. The van der Waals surface area contributed by atoms with Crippen molar-refractivity contribution in [1.29, 1.82) is 0 Å². The molecule has 2 heterocycles. The molecule has 0 aliphatic rings. The van der Waals surface area contributed by atoms with Crippen molar-refractivity contribution in [2.75, 3.05) is 5.32 Å². The molecule has 0 saturated heterocycles. The maximum absolute atomic E-state index is 11.8. The van der Waals surface area contributed by atoms with Crippen LogP contribution in [0.25, 0.3) is 0 Å². The number of carbonyl (C=O) groups excluding carboxylic acids is 2. The molecule has 18 heavy (non-hydrogen) atoms. The Hall–Kier alpha value is -2.28. The topological polar surface area (TPSA) is 98.0 Å². The van der Waals surface area contributed by atoms with Gasteiger partial charge in [-0.3, -0.25) is 14.9 Å². The van der Waals surface area contributed by atoms with Gasteiger partial charge >= 0.3 is 0 Å². The number of rotatable bonds is 3. The second-order valence-electron chi connectivity index (χ2n) is 3.52. The van der Waals surface area contributed by atoms with Crippen LogP contribution in [0.4, 0.5) is 5.13 Å². The van der Waals surface area contributed by atoms with E-state index in [1.165, 1.54) is 5.38 Å². The van der Waals surface area contributed by atoms with Crippen LogP contribution < -0.4 is 11.1 Å². The van der Waals surface area contributed by atoms with Gasteiger partial charge in [0.1, 0.15) is 11.4 Å². The molecule has 2 aromatic heterocycles. The van der Waals surface area contributed by atoms with Crippen LogP contribution in [0.15, 0.2) is 23.6 Å². The fourth-order valence-electron chi connectivity index (χ4n) is 1.27. The highest BCUT2D eigenvalue weighted by atomic mass is 32.1. The molecular formula is C11H10N4O2S. The first-order valence-electron chi connectivity index (χ1n) is 5.06. The normalized spacial score (nSPS) is 10.1. The summed E-state index contributed by atoms with van der Waals surface area (Å²) in [6.45, 7) is 1.80. The largest absolute Gasteiger partial charge is 0.364 e. The van der Waals surface area contributed by atoms with Gasteiger partial charge in [0.05, 0.1) is 0 Å². The molecule has 2 amide bonds. The van der Waals surface area contributed by atoms with Gasteiger partial charge in [-0.15, -0.1) is 11.3 Å². The van der Waals surface area contributed by atoms with Crippen molar-refractivity contribution in [3.8, 4) is 0 Å². The first-order chi connectivity index (χ1) is 8.56. The lowest BCUT2D eigenvalue weighted by molar-refractivity contribution is 0.0991. The fourth-order valence-corrected chi connectivity index (χ4v) is 1.97. The molecule has 0 aliphatic carbocycles. The summed E-state index contributed by atoms with van der Waals surface area (Å²) in [4.78, 5) is 30.6. The van der Waals surface area contributed by atoms with Crippen molar-refractivity contribution in [2.24, 2.45) is 5.73 Å². The van der Waals surface area contributed by atoms with Crippen molar-refractivity contribution >= 4 is 28.3 Å². The van der Waals surface area contributed by atoms with Gasteiger partial charge < -0.3 is 5.73 Å². The molecule has 0 saturated carbocycles. The Kier molecular flexibility index (Phi) is 3.33. The number of thiazole rings is 1. The van der Waals surface area contributed by atoms with Gasteiger partial charge in [0.15, 0.2) is 5.13 Å². The lowest BCUT2D eigenvalue weighted by atomic mass is 10.3. The zero-order valence-corrected chi connectivity index (χ0v) is 10.3. The number of nitrogens with one attached hydrogen (secondary N) is 1. The lowest BCUT2D eigenvalue weighted by Gasteiger charge is -2.01. The number of aromatic nitrogens is 2. The van der Waals surface area contributed by atoms with Gasteiger partial charge in [0, 0.05) is 11.1 Å². The van der Waals surface area contributed by atoms with E-state index in [-0.39, 0.29) is 11.6 Å². The van der Waals surface area contributed by atoms with Gasteiger partial charge in [-0.1, -0.05) is 6.07 Å². The molecule has 0 aliphatic heterocycles. The van der Waals surface area contributed by atoms with Gasteiger partial charge in [-0.25, -0.2) is 9.97 Å². The van der Waals surface area contributed by atoms with E-state index in [2.05, 4.69) is 15.3 Å². The minimum absolute atomic E-state index is 0.132. The molecule has 0 unspecified atom stereocenters. The molecule has 7 heteroatoms. The van der Waals surface area contributed by atoms with Crippen LogP contribution in [0.2, 0.25) is 0 Å². The van der Waals surface area contributed by atoms with E-state index in [4.69, 9.17) is 5.73 Å². The lowest BCUT2D eigenvalue weighted by Crippen LogP contribution is -2.15. The van der Waals surface area contributed by atoms with Crippen LogP contribution in [-0.2, 0) is 0 Å². The van der Waals surface area contributed by atoms with Crippen molar-refractivity contribution in [3.63, 3.8) is 0 Å². The Balaban J connectivity index is 2.13. The van der Waals surface area contributed by atoms with Gasteiger partial charge in [-0.2, -0.15) is 0 Å². The number of hydrogen-bond acceptors (Lipinski definition) is 5. The van der Waals surface area contributed by atoms with Crippen LogP contribution >= 0.6 is 11.3 Å². The summed E-state index contributed by atoms with van der Waals surface area (Å²) in [5.41, 5.74) is 6.25. The highest BCUT2D eigenvalue weighted by Gasteiger charge is 2.12. The van der Waals surface area contributed by atoms with E-state index >= 15 is 0 Å². The average molecular weight is 262 g/mol. The van der Waals surface area contributed by atoms with E-state index in [0.717, 1.165) is 17.0 Å². The number of nitrogens with two attached hydrogens (primary N) is 1. The zero-order valence-electron chi connectivity index (χ0n) is 9.51. The van der Waals surface area contributed by atoms with Crippen LogP contribution in [0.3, 0.4) is 0 Å². The van der Waals surface area contributed by atoms with Crippen molar-refractivity contribution in [1.82, 2.24) is 9.97 Å². The van der Waals surface area contributed by atoms with Gasteiger partial charge in [-0.05, 0) is 19.1 Å². The number of amides is 2. The van der Waals surface area contributed by atoms with Crippen molar-refractivity contribution in [2.45, 2.75) is 6.92 Å². The summed E-state index contributed by atoms with van der Waals surface area (Å²) >= 11 is 1.13. The number of nitrogens with zero attached hydrogens (tertiary/aromatic N) is 2. The molecule has 0 bridgehead atoms. The number of carbonyl (C=O) groups is 2. The summed E-state index contributed by atoms with van der Waals surface area (Å²) in [5, 5.41) is 4.36. The Morgan fingerprint density at radius 1 is 1.28 bits per heavy atom. The molecule has 0 spiro atoms. The smallest absolute Gasteiger partial charge is 0.276 e. The molecule has 3 N–H and O–H groups in total. The summed E-state index contributed by atoms with van der Waals surface area (Å²) in [6, 6.07) is 5.14. The Morgan fingerprint density at radius 3 is 2.67 bits per heavy atom. The molecule has 2 aromatic rings. The maximum atomic E-state index is 11.8. The molecule has 2 rings (SSSR count). The third-order valence-corrected chi connectivity index (χ3v) is 2.86. The number of anilines is 1. The Labute approximate surface area is 107 Å². The molecule has 0 aromatic carbocycles. The first kappa shape index (κ1) is 12.2. The number of aryl methyl sites for hydroxylation is 1. The summed E-state index contributed by atoms with van der Waals surface area (Å²) in [5.74, 6) is -0.996. The Morgan fingerprint density at radius 2 is 2.06 bits per heavy atom. The van der Waals surface area contributed by atoms with Crippen molar-refractivity contribution < 1.29 is 9.59 Å². The summed E-state index contributed by atoms with van der Waals surface area (Å²) in [7, 11) is 0. The second-order valence-corrected chi connectivity index (χ2v) is 4.38. The van der Waals surface area contributed by atoms with Crippen LogP contribution in [0.5, 0.6) is 0 Å². The molecule has 6 nitrogen and oxygen atoms in total. The summed E-state index contributed by atoms with van der Waals surface area (Å²) < 4.78 is 0. The molecule has 0 radical (unpaired) electrons. The fraction of sp³-hybridized carbons (Fsp3) is 0.0909. The standard InChI is InChI=1S/C11H10N4O2S/c1-6-3-2-4-7(13-6)10(17)15-11-14-8(5-18-11)9(12)16/h2-5H,1H3,(H2,12,16)(H,14,15,17). The quantitative estimate of drug-likeness (QED) is 0.868. The van der Waals surface area contributed by atoms with E-state index in [0.29, 0.717) is 10.8 Å². The monoisotopic (exact) mass is 262 g/mol. The van der Waals surface area contributed by atoms with Crippen molar-refractivity contribution in [3.05, 3.63) is 40.7 Å². The van der Waals surface area contributed by atoms with Gasteiger partial charge in [0.2, 0.25) is 0 Å². The Bertz CT molecular complexity index is 609. The molecule has 0 fully saturated rings. The first-order valence-corrected chi connectivity index (χ1v) is 5.94. The molecule has 0 atom stereocenters. The molecule has 92 valence electrons. The minimum atomic E-state index is -0.625. The SMILES string of the molecule is Cc1cccc(C(=O)Nc2nc(C(N)=O)cs2)n1. The average Bonchev–Trinajstić information content (AvgIpc) is 2.77. The van der Waals surface area contributed by atoms with Crippen LogP contribution in [0.1, 0.15) is 26.7 Å². The minimum Gasteiger partial charge on any atom is -0.364 e. The molecular weight excluding hydrogens is 252 g/mol. The predicted octanol–water partition coefficient (Wildman–Crippen LogP) is 1.20. The highest BCUT2D eigenvalue weighted by Crippen LogP contribution is 2.15. The third-order valence-electron chi connectivity index (χ3n) is 2.10. The predicted molar refractivity (Wildman–Crippen MR) is 67.6 cm³/mol. The number of hydrogen-bond donors (Lipinski definition) is 2. The second kappa shape index (κ2) is 4.92. The third kappa shape index (κ3) is 2.69. The van der Waals surface area contributed by atoms with E-state index in [1.807, 2.05) is 0 Å². The number of pyridine rings is 1. The van der Waals surface area contributed by atoms with Crippen LogP contribution in [0, 0.1) is 6.92 Å². The highest BCUT2D eigenvalue weighted by molar-refractivity contribution is 7.14. The van der Waals surface area contributed by atoms with E-state index in [1.54, 1.807) is 25.1 Å². The number of primary amides is 1. The van der Waals surface area contributed by atoms with Crippen LogP contribution in [-0.4, -0.2) is 21.8 Å².